The summed E-state index contributed by atoms with van der Waals surface area (Å²) in [6.07, 6.45) is 7.08. The highest BCUT2D eigenvalue weighted by atomic mass is 16.2. The number of amides is 1. The van der Waals surface area contributed by atoms with Crippen LogP contribution in [-0.4, -0.2) is 48.9 Å². The Morgan fingerprint density at radius 2 is 2.15 bits per heavy atom. The van der Waals surface area contributed by atoms with Crippen LogP contribution >= 0.6 is 0 Å². The Kier molecular flexibility index (Phi) is 4.78. The van der Waals surface area contributed by atoms with E-state index in [0.717, 1.165) is 30.8 Å². The summed E-state index contributed by atoms with van der Waals surface area (Å²) >= 11 is 0. The van der Waals surface area contributed by atoms with E-state index in [2.05, 4.69) is 20.3 Å². The molecule has 0 radical (unpaired) electrons. The molecule has 4 rings (SSSR count). The summed E-state index contributed by atoms with van der Waals surface area (Å²) in [7, 11) is 0. The molecule has 1 aliphatic heterocycles. The summed E-state index contributed by atoms with van der Waals surface area (Å²) < 4.78 is 1.82. The fraction of sp³-hybridized carbons (Fsp3) is 0.316. The third kappa shape index (κ3) is 3.94. The molecule has 3 aromatic rings. The van der Waals surface area contributed by atoms with Crippen molar-refractivity contribution in [3.63, 3.8) is 0 Å². The molecule has 0 aromatic carbocycles. The van der Waals surface area contributed by atoms with Crippen molar-refractivity contribution in [1.82, 2.24) is 29.9 Å². The first-order valence-corrected chi connectivity index (χ1v) is 8.98. The normalized spacial score (nSPS) is 17.0. The maximum atomic E-state index is 12.7. The van der Waals surface area contributed by atoms with Crippen LogP contribution in [0.3, 0.4) is 0 Å². The van der Waals surface area contributed by atoms with Crippen molar-refractivity contribution in [1.29, 1.82) is 0 Å². The molecule has 1 atom stereocenters. The van der Waals surface area contributed by atoms with Crippen molar-refractivity contribution in [2.75, 3.05) is 13.1 Å². The van der Waals surface area contributed by atoms with Gasteiger partial charge in [-0.15, -0.1) is 5.10 Å². The number of aromatic nitrogens is 5. The number of piperidine rings is 1. The second-order valence-electron chi connectivity index (χ2n) is 6.74. The number of nitrogens with one attached hydrogen (secondary N) is 1. The van der Waals surface area contributed by atoms with E-state index in [-0.39, 0.29) is 11.5 Å². The fourth-order valence-electron chi connectivity index (χ4n) is 3.41. The van der Waals surface area contributed by atoms with E-state index in [1.807, 2.05) is 34.0 Å². The van der Waals surface area contributed by atoms with Crippen LogP contribution in [0.1, 0.15) is 23.2 Å². The second-order valence-corrected chi connectivity index (χ2v) is 6.74. The first-order valence-electron chi connectivity index (χ1n) is 8.98. The first kappa shape index (κ1) is 17.1. The molecule has 8 nitrogen and oxygen atoms in total. The van der Waals surface area contributed by atoms with Gasteiger partial charge >= 0.3 is 0 Å². The Labute approximate surface area is 155 Å². The second kappa shape index (κ2) is 7.53. The van der Waals surface area contributed by atoms with Crippen molar-refractivity contribution < 1.29 is 4.79 Å². The van der Waals surface area contributed by atoms with Gasteiger partial charge in [0.05, 0.1) is 17.5 Å². The number of aromatic amines is 1. The molecule has 0 saturated carbocycles. The maximum absolute atomic E-state index is 12.7. The summed E-state index contributed by atoms with van der Waals surface area (Å²) in [6, 6.07) is 8.64. The van der Waals surface area contributed by atoms with E-state index < -0.39 is 0 Å². The molecule has 0 bridgehead atoms. The minimum Gasteiger partial charge on any atom is -0.338 e. The highest BCUT2D eigenvalue weighted by molar-refractivity contribution is 5.93. The highest BCUT2D eigenvalue weighted by Crippen LogP contribution is 2.20. The van der Waals surface area contributed by atoms with E-state index in [9.17, 15) is 9.59 Å². The average molecular weight is 364 g/mol. The number of carbonyl (C=O) groups excluding carboxylic acids is 1. The Morgan fingerprint density at radius 3 is 2.93 bits per heavy atom. The highest BCUT2D eigenvalue weighted by Gasteiger charge is 2.25. The van der Waals surface area contributed by atoms with Crippen LogP contribution in [0.25, 0.3) is 11.4 Å². The number of H-pyrrole nitrogens is 1. The summed E-state index contributed by atoms with van der Waals surface area (Å²) in [6.45, 7) is 2.09. The lowest BCUT2D eigenvalue weighted by Gasteiger charge is -2.32. The lowest BCUT2D eigenvalue weighted by Crippen LogP contribution is -2.41. The number of pyridine rings is 2. The molecular weight excluding hydrogens is 344 g/mol. The topological polar surface area (TPSA) is 96.8 Å². The molecular formula is C19H20N6O2. The largest absolute Gasteiger partial charge is 0.338 e. The molecule has 0 spiro atoms. The minimum atomic E-state index is -0.210. The van der Waals surface area contributed by atoms with Crippen LogP contribution in [0.5, 0.6) is 0 Å². The molecule has 0 unspecified atom stereocenters. The van der Waals surface area contributed by atoms with Gasteiger partial charge in [-0.1, -0.05) is 11.3 Å². The Hall–Kier alpha value is -3.29. The van der Waals surface area contributed by atoms with Gasteiger partial charge in [0, 0.05) is 38.1 Å². The van der Waals surface area contributed by atoms with Gasteiger partial charge in [-0.05, 0) is 37.0 Å². The maximum Gasteiger partial charge on any atom is 0.255 e. The van der Waals surface area contributed by atoms with Crippen LogP contribution in [-0.2, 0) is 6.54 Å². The minimum absolute atomic E-state index is 0.0521. The number of likely N-dealkylation sites (tertiary alicyclic amines) is 1. The van der Waals surface area contributed by atoms with Crippen molar-refractivity contribution >= 4 is 5.91 Å². The average Bonchev–Trinajstić information content (AvgIpc) is 3.17. The predicted octanol–water partition coefficient (Wildman–Crippen LogP) is 1.58. The number of hydrogen-bond donors (Lipinski definition) is 1. The molecule has 1 amide bonds. The van der Waals surface area contributed by atoms with Gasteiger partial charge in [0.15, 0.2) is 0 Å². The Morgan fingerprint density at radius 1 is 1.22 bits per heavy atom. The third-order valence-corrected chi connectivity index (χ3v) is 4.75. The zero-order chi connectivity index (χ0) is 18.6. The van der Waals surface area contributed by atoms with Gasteiger partial charge in [-0.25, -0.2) is 0 Å². The smallest absolute Gasteiger partial charge is 0.255 e. The predicted molar refractivity (Wildman–Crippen MR) is 98.9 cm³/mol. The van der Waals surface area contributed by atoms with Gasteiger partial charge in [0.2, 0.25) is 5.56 Å². The fourth-order valence-corrected chi connectivity index (χ4v) is 3.41. The number of nitrogens with zero attached hydrogens (tertiary/aromatic N) is 5. The molecule has 1 N–H and O–H groups in total. The van der Waals surface area contributed by atoms with E-state index in [1.54, 1.807) is 12.3 Å². The molecule has 1 saturated heterocycles. The van der Waals surface area contributed by atoms with Crippen molar-refractivity contribution in [2.45, 2.75) is 19.4 Å². The summed E-state index contributed by atoms with van der Waals surface area (Å²) in [5.41, 5.74) is 1.83. The van der Waals surface area contributed by atoms with E-state index in [4.69, 9.17) is 0 Å². The molecule has 0 aliphatic carbocycles. The van der Waals surface area contributed by atoms with Crippen molar-refractivity contribution in [2.24, 2.45) is 5.92 Å². The van der Waals surface area contributed by atoms with Crippen molar-refractivity contribution in [3.05, 3.63) is 64.8 Å². The number of rotatable bonds is 4. The van der Waals surface area contributed by atoms with Crippen LogP contribution in [0.2, 0.25) is 0 Å². The van der Waals surface area contributed by atoms with Crippen LogP contribution in [0, 0.1) is 5.92 Å². The van der Waals surface area contributed by atoms with Crippen molar-refractivity contribution in [3.8, 4) is 11.4 Å². The molecule has 4 heterocycles. The third-order valence-electron chi connectivity index (χ3n) is 4.75. The number of carbonyl (C=O) groups is 1. The van der Waals surface area contributed by atoms with Gasteiger partial charge in [-0.3, -0.25) is 19.3 Å². The summed E-state index contributed by atoms with van der Waals surface area (Å²) in [5.74, 6) is 0.257. The summed E-state index contributed by atoms with van der Waals surface area (Å²) in [4.78, 5) is 32.5. The quantitative estimate of drug-likeness (QED) is 0.758. The summed E-state index contributed by atoms with van der Waals surface area (Å²) in [5, 5.41) is 8.41. The number of hydrogen-bond acceptors (Lipinski definition) is 5. The first-order chi connectivity index (χ1) is 13.2. The molecule has 1 aliphatic rings. The molecule has 8 heteroatoms. The van der Waals surface area contributed by atoms with Gasteiger partial charge in [0.25, 0.3) is 5.91 Å². The zero-order valence-corrected chi connectivity index (χ0v) is 14.8. The lowest BCUT2D eigenvalue weighted by atomic mass is 9.97. The van der Waals surface area contributed by atoms with E-state index >= 15 is 0 Å². The monoisotopic (exact) mass is 364 g/mol. The van der Waals surface area contributed by atoms with Crippen LogP contribution < -0.4 is 5.56 Å². The molecule has 1 fully saturated rings. The molecule has 138 valence electrons. The Balaban J connectivity index is 1.41. The standard InChI is InChI=1S/C19H20N6O2/c26-18-7-6-15(10-21-18)19(27)24-9-3-4-14(11-24)12-25-13-17(22-23-25)16-5-1-2-8-20-16/h1-2,5-8,10,13-14H,3-4,9,11-12H2,(H,21,26)/t14-/m1/s1. The van der Waals surface area contributed by atoms with E-state index in [1.165, 1.54) is 12.3 Å². The van der Waals surface area contributed by atoms with Gasteiger partial charge in [0.1, 0.15) is 5.69 Å². The lowest BCUT2D eigenvalue weighted by molar-refractivity contribution is 0.0659. The van der Waals surface area contributed by atoms with Gasteiger partial charge < -0.3 is 9.88 Å². The Bertz CT molecular complexity index is 961. The zero-order valence-electron chi connectivity index (χ0n) is 14.8. The van der Waals surface area contributed by atoms with Gasteiger partial charge in [-0.2, -0.15) is 0 Å². The molecule has 3 aromatic heterocycles. The van der Waals surface area contributed by atoms with Crippen LogP contribution in [0.4, 0.5) is 0 Å². The SMILES string of the molecule is O=C(c1ccc(=O)[nH]c1)N1CCC[C@@H](Cn2cc(-c3ccccn3)nn2)C1. The van der Waals surface area contributed by atoms with Crippen LogP contribution in [0.15, 0.2) is 53.7 Å². The van der Waals surface area contributed by atoms with E-state index in [0.29, 0.717) is 24.6 Å². The molecule has 27 heavy (non-hydrogen) atoms.